The summed E-state index contributed by atoms with van der Waals surface area (Å²) in [4.78, 5) is 92.4. The van der Waals surface area contributed by atoms with Crippen LogP contribution in [-0.2, 0) is 99.5 Å². The first-order valence-corrected chi connectivity index (χ1v) is 45.6. The third-order valence-electron chi connectivity index (χ3n) is 27.1. The number of halogens is 1. The monoisotopic (exact) mass is 1770 g/mol. The van der Waals surface area contributed by atoms with Gasteiger partial charge >= 0.3 is 0 Å². The Morgan fingerprint density at radius 3 is 0.961 bits per heavy atom. The fourth-order valence-corrected chi connectivity index (χ4v) is 20.2. The molecule has 25 nitrogen and oxygen atoms in total. The van der Waals surface area contributed by atoms with Crippen molar-refractivity contribution in [1.29, 1.82) is 0 Å². The Morgan fingerprint density at radius 1 is 0.383 bits per heavy atom. The van der Waals surface area contributed by atoms with Crippen molar-refractivity contribution in [1.82, 2.24) is 29.5 Å². The minimum Gasteiger partial charge on any atom is -0.495 e. The molecular weight excluding hydrogens is 1660 g/mol. The number of aromatic nitrogens is 1. The molecule has 0 bridgehead atoms. The average molecular weight is 1770 g/mol. The summed E-state index contributed by atoms with van der Waals surface area (Å²) in [6, 6.07) is 69.1. The summed E-state index contributed by atoms with van der Waals surface area (Å²) in [6.07, 6.45) is 9.66. The van der Waals surface area contributed by atoms with Crippen molar-refractivity contribution >= 4 is 74.1 Å². The topological polar surface area (TPSA) is 289 Å². The Morgan fingerprint density at radius 2 is 0.664 bits per heavy atom. The zero-order valence-electron chi connectivity index (χ0n) is 73.2. The summed E-state index contributed by atoms with van der Waals surface area (Å²) in [5.41, 5.74) is 22.6. The molecule has 27 heteroatoms. The van der Waals surface area contributed by atoms with Gasteiger partial charge in [-0.1, -0.05) is 133 Å². The van der Waals surface area contributed by atoms with Crippen LogP contribution in [0.15, 0.2) is 229 Å². The number of piperidine rings is 5. The third kappa shape index (κ3) is 18.5. The average Bonchev–Trinajstić information content (AvgIpc) is 1.62. The van der Waals surface area contributed by atoms with E-state index in [1.165, 1.54) is 93.0 Å². The van der Waals surface area contributed by atoms with E-state index in [0.717, 1.165) is 75.6 Å². The number of sulfonamides is 1. The number of hydrogen-bond acceptors (Lipinski definition) is 18. The van der Waals surface area contributed by atoms with E-state index in [1.54, 1.807) is 73.5 Å². The van der Waals surface area contributed by atoms with Crippen LogP contribution in [0.1, 0.15) is 179 Å². The first kappa shape index (κ1) is 89.5. The molecular formula is C101H109ClN10O15S. The number of anilines is 3. The molecule has 9 aromatic carbocycles. The standard InChI is InChI=1S/C22H26N2O3.C22H24N2O3.C20H22N2O3.C19H20N2O4S.C18H17ClN2O2/c1-23(2)19-9-8-16(14-20(19)26-3)21(25)24-12-10-22(11-13-24)18-7-5-4-6-17(18)15-27-22;1-16(25)23(2)19-9-7-17(8-10-19)21(26)24-13-11-22(12-14-24)20-6-4-3-5-18(20)15-27-22;1-24-18-12-14(6-7-17(18)21)19(23)22-10-8-20(9-11-22)16-5-3-2-4-15(16)13-25-20;20-26(23,24)16-7-5-14(6-8-16)18(22)21-11-9-19(10-12-21)17-4-2-1-3-15(17)13-25-19;19-16-6-5-13(11-20-16)17(22)21-9-7-18(8-10-21)15-4-2-1-3-14(15)12-23-18/h4-9,14H,10-13,15H2,1-3H3;3-10H,11-15H2,1-2H3;2-7,12H,8-11,13,21H2,1H3;1-8H,9-13H2,(H2,20,23,24);1-6,11H,7-10,12H2. The van der Waals surface area contributed by atoms with E-state index < -0.39 is 10.0 Å². The number of carbonyl (C=O) groups is 6. The second-order valence-corrected chi connectivity index (χ2v) is 36.4. The molecule has 0 atom stereocenters. The molecule has 5 spiro atoms. The van der Waals surface area contributed by atoms with Gasteiger partial charge in [0.15, 0.2) is 0 Å². The molecule has 11 heterocycles. The number of nitrogen functional groups attached to an aromatic ring is 1. The number of rotatable bonds is 10. The Hall–Kier alpha value is -11.9. The number of likely N-dealkylation sites (tertiary alicyclic amines) is 5. The summed E-state index contributed by atoms with van der Waals surface area (Å²) >= 11 is 5.78. The lowest BCUT2D eigenvalue weighted by Gasteiger charge is -2.39. The highest BCUT2D eigenvalue weighted by atomic mass is 35.5. The zero-order chi connectivity index (χ0) is 89.7. The van der Waals surface area contributed by atoms with Crippen LogP contribution in [0.5, 0.6) is 11.5 Å². The number of carbonyl (C=O) groups excluding carboxylic acids is 6. The van der Waals surface area contributed by atoms with Crippen molar-refractivity contribution in [2.45, 2.75) is 137 Å². The van der Waals surface area contributed by atoms with Gasteiger partial charge in [0.25, 0.3) is 29.5 Å². The lowest BCUT2D eigenvalue weighted by molar-refractivity contribution is -0.116. The molecule has 6 amide bonds. The van der Waals surface area contributed by atoms with E-state index >= 15 is 0 Å². The number of fused-ring (bicyclic) bond motifs is 10. The lowest BCUT2D eigenvalue weighted by atomic mass is 9.83. The molecule has 0 saturated carbocycles. The van der Waals surface area contributed by atoms with E-state index in [1.807, 2.05) is 99.3 Å². The van der Waals surface area contributed by atoms with Crippen molar-refractivity contribution in [3.8, 4) is 11.5 Å². The predicted octanol–water partition coefficient (Wildman–Crippen LogP) is 15.1. The summed E-state index contributed by atoms with van der Waals surface area (Å²) in [5.74, 6) is 1.22. The fraction of sp³-hybridized carbons (Fsp3) is 0.356. The van der Waals surface area contributed by atoms with Crippen LogP contribution in [0.3, 0.4) is 0 Å². The maximum absolute atomic E-state index is 13.0. The van der Waals surface area contributed by atoms with Crippen LogP contribution >= 0.6 is 11.6 Å². The van der Waals surface area contributed by atoms with Crippen molar-refractivity contribution < 1.29 is 70.3 Å². The van der Waals surface area contributed by atoms with Gasteiger partial charge in [-0.05, 0) is 217 Å². The van der Waals surface area contributed by atoms with Crippen molar-refractivity contribution in [3.63, 3.8) is 0 Å². The molecule has 1 aromatic heterocycles. The molecule has 20 rings (SSSR count). The number of ether oxygens (including phenoxy) is 7. The van der Waals surface area contributed by atoms with E-state index in [-0.39, 0.29) is 68.3 Å². The molecule has 10 aliphatic rings. The highest BCUT2D eigenvalue weighted by Crippen LogP contribution is 2.50. The van der Waals surface area contributed by atoms with Gasteiger partial charge in [-0.2, -0.15) is 0 Å². The van der Waals surface area contributed by atoms with Gasteiger partial charge < -0.3 is 73.2 Å². The van der Waals surface area contributed by atoms with Gasteiger partial charge in [0.2, 0.25) is 15.9 Å². The van der Waals surface area contributed by atoms with Gasteiger partial charge in [-0.3, -0.25) is 28.8 Å². The predicted molar refractivity (Wildman–Crippen MR) is 488 cm³/mol. The summed E-state index contributed by atoms with van der Waals surface area (Å²) < 4.78 is 64.1. The normalized spacial score (nSPS) is 18.2. The third-order valence-corrected chi connectivity index (χ3v) is 28.3. The Balaban J connectivity index is 0.000000118. The zero-order valence-corrected chi connectivity index (χ0v) is 74.8. The molecule has 5 saturated heterocycles. The maximum Gasteiger partial charge on any atom is 0.255 e. The van der Waals surface area contributed by atoms with Crippen LogP contribution < -0.4 is 30.1 Å². The first-order chi connectivity index (χ1) is 61.7. The van der Waals surface area contributed by atoms with Gasteiger partial charge in [-0.25, -0.2) is 18.5 Å². The summed E-state index contributed by atoms with van der Waals surface area (Å²) in [6.45, 7) is 11.5. The number of benzene rings is 9. The largest absolute Gasteiger partial charge is 0.495 e. The van der Waals surface area contributed by atoms with Crippen LogP contribution in [0.4, 0.5) is 17.1 Å². The smallest absolute Gasteiger partial charge is 0.255 e. The number of nitrogens with zero attached hydrogens (tertiary/aromatic N) is 8. The minimum atomic E-state index is -3.76. The maximum atomic E-state index is 13.0. The van der Waals surface area contributed by atoms with E-state index in [9.17, 15) is 37.2 Å². The van der Waals surface area contributed by atoms with Crippen molar-refractivity contribution in [2.75, 3.05) is 116 Å². The molecule has 5 fully saturated rings. The lowest BCUT2D eigenvalue weighted by Crippen LogP contribution is -2.45. The molecule has 10 aromatic rings. The summed E-state index contributed by atoms with van der Waals surface area (Å²) in [7, 11) is 5.08. The number of methoxy groups -OCH3 is 2. The Bertz CT molecular complexity index is 5880. The van der Waals surface area contributed by atoms with Crippen LogP contribution in [0, 0.1) is 0 Å². The molecule has 4 N–H and O–H groups in total. The van der Waals surface area contributed by atoms with Gasteiger partial charge in [0.1, 0.15) is 16.7 Å². The van der Waals surface area contributed by atoms with Crippen molar-refractivity contribution in [2.24, 2.45) is 5.14 Å². The molecule has 0 radical (unpaired) electrons. The number of nitrogens with two attached hydrogens (primary N) is 2. The number of amides is 6. The summed E-state index contributed by atoms with van der Waals surface area (Å²) in [5, 5.41) is 5.49. The number of hydrogen-bond donors (Lipinski definition) is 2. The Kier molecular flexibility index (Phi) is 26.5. The molecule has 10 aliphatic heterocycles. The van der Waals surface area contributed by atoms with Gasteiger partial charge in [-0.15, -0.1) is 0 Å². The van der Waals surface area contributed by atoms with E-state index in [4.69, 9.17) is 55.6 Å². The molecule has 0 unspecified atom stereocenters. The highest BCUT2D eigenvalue weighted by molar-refractivity contribution is 7.89. The number of pyridine rings is 1. The van der Waals surface area contributed by atoms with Crippen LogP contribution in [-0.4, -0.2) is 174 Å². The second-order valence-electron chi connectivity index (χ2n) is 34.5. The quantitative estimate of drug-likeness (QED) is 0.0950. The van der Waals surface area contributed by atoms with E-state index in [2.05, 4.69) is 96.0 Å². The van der Waals surface area contributed by atoms with Gasteiger partial charge in [0, 0.05) is 128 Å². The fourth-order valence-electron chi connectivity index (χ4n) is 19.6. The van der Waals surface area contributed by atoms with Crippen LogP contribution in [0.25, 0.3) is 0 Å². The highest BCUT2D eigenvalue weighted by Gasteiger charge is 2.49. The SMILES string of the molecule is CC(=O)N(C)c1ccc(C(=O)N2CCC3(CC2)OCc2ccccc23)cc1.COc1cc(C(=O)N2CCC3(CC2)OCc2ccccc23)ccc1N.COc1cc(C(=O)N2CCC3(CC2)OCc2ccccc23)ccc1N(C)C.NS(=O)(=O)c1ccc(C(=O)N2CCC3(CC2)OCc2ccccc23)cc1.O=C(c1ccc(Cl)nc1)N1CCC2(CC1)OCc1ccccc12. The second kappa shape index (κ2) is 37.8. The van der Waals surface area contributed by atoms with Crippen LogP contribution in [0.2, 0.25) is 5.15 Å². The molecule has 666 valence electrons. The minimum absolute atomic E-state index is 0.00242. The number of primary sulfonamides is 1. The molecule has 128 heavy (non-hydrogen) atoms. The molecule has 0 aliphatic carbocycles. The van der Waals surface area contributed by atoms with E-state index in [0.29, 0.717) is 149 Å². The van der Waals surface area contributed by atoms with Crippen molar-refractivity contribution in [3.05, 3.63) is 313 Å². The van der Waals surface area contributed by atoms with Gasteiger partial charge in [0.05, 0.1) is 97.1 Å². The Labute approximate surface area is 752 Å². The first-order valence-electron chi connectivity index (χ1n) is 43.7.